The fourth-order valence-corrected chi connectivity index (χ4v) is 5.10. The van der Waals surface area contributed by atoms with Gasteiger partial charge in [0.25, 0.3) is 5.91 Å². The van der Waals surface area contributed by atoms with Gasteiger partial charge in [-0.1, -0.05) is 18.0 Å². The number of amides is 1. The van der Waals surface area contributed by atoms with Crippen LogP contribution >= 0.6 is 34.7 Å². The number of hydrogen-bond donors (Lipinski definition) is 2. The highest BCUT2D eigenvalue weighted by atomic mass is 35.5. The molecule has 1 fully saturated rings. The number of hydrogen-bond acceptors (Lipinski definition) is 4. The highest BCUT2D eigenvalue weighted by Crippen LogP contribution is 2.36. The summed E-state index contributed by atoms with van der Waals surface area (Å²) >= 11 is 9.24. The van der Waals surface area contributed by atoms with Crippen molar-refractivity contribution in [2.24, 2.45) is 0 Å². The van der Waals surface area contributed by atoms with E-state index in [0.717, 1.165) is 16.5 Å². The molecule has 21 heavy (non-hydrogen) atoms. The maximum absolute atomic E-state index is 12.5. The molecule has 0 spiro atoms. The molecule has 1 aromatic carbocycles. The third kappa shape index (κ3) is 2.87. The minimum absolute atomic E-state index is 0.0595. The van der Waals surface area contributed by atoms with E-state index in [1.807, 2.05) is 23.9 Å². The van der Waals surface area contributed by atoms with Crippen LogP contribution in [-0.2, 0) is 0 Å². The molecule has 3 rings (SSSR count). The van der Waals surface area contributed by atoms with Crippen LogP contribution in [-0.4, -0.2) is 23.5 Å². The molecule has 3 N–H and O–H groups in total. The number of rotatable bonds is 3. The number of fused-ring (bicyclic) bond motifs is 1. The van der Waals surface area contributed by atoms with E-state index in [0.29, 0.717) is 20.8 Å². The van der Waals surface area contributed by atoms with E-state index in [1.165, 1.54) is 24.2 Å². The summed E-state index contributed by atoms with van der Waals surface area (Å²) in [6, 6.07) is 5.78. The zero-order valence-electron chi connectivity index (χ0n) is 11.7. The van der Waals surface area contributed by atoms with Crippen LogP contribution in [0, 0.1) is 0 Å². The van der Waals surface area contributed by atoms with E-state index in [4.69, 9.17) is 17.3 Å². The van der Waals surface area contributed by atoms with Gasteiger partial charge in [-0.25, -0.2) is 0 Å². The molecule has 2 aromatic rings. The monoisotopic (exact) mass is 340 g/mol. The molecule has 1 heterocycles. The number of nitrogen functional groups attached to an aromatic ring is 1. The first kappa shape index (κ1) is 15.0. The van der Waals surface area contributed by atoms with Crippen LogP contribution < -0.4 is 11.1 Å². The summed E-state index contributed by atoms with van der Waals surface area (Å²) in [5.74, 6) is -0.0595. The largest absolute Gasteiger partial charge is 0.397 e. The fraction of sp³-hybridized carbons (Fsp3) is 0.400. The van der Waals surface area contributed by atoms with Gasteiger partial charge in [-0.2, -0.15) is 11.8 Å². The molecular weight excluding hydrogens is 324 g/mol. The predicted molar refractivity (Wildman–Crippen MR) is 93.7 cm³/mol. The van der Waals surface area contributed by atoms with Crippen LogP contribution in [0.4, 0.5) is 5.69 Å². The van der Waals surface area contributed by atoms with Crippen molar-refractivity contribution < 1.29 is 4.79 Å². The van der Waals surface area contributed by atoms with Gasteiger partial charge in [0.05, 0.1) is 5.69 Å². The van der Waals surface area contributed by atoms with Gasteiger partial charge in [-0.05, 0) is 37.3 Å². The van der Waals surface area contributed by atoms with E-state index >= 15 is 0 Å². The van der Waals surface area contributed by atoms with Crippen molar-refractivity contribution in [1.29, 1.82) is 0 Å². The van der Waals surface area contributed by atoms with Crippen molar-refractivity contribution in [1.82, 2.24) is 5.32 Å². The number of carbonyl (C=O) groups excluding carboxylic acids is 1. The summed E-state index contributed by atoms with van der Waals surface area (Å²) in [5.41, 5.74) is 6.69. The molecule has 0 bridgehead atoms. The summed E-state index contributed by atoms with van der Waals surface area (Å²) in [4.78, 5) is 13.1. The molecule has 6 heteroatoms. The molecule has 1 amide bonds. The highest BCUT2D eigenvalue weighted by Gasteiger charge is 2.29. The van der Waals surface area contributed by atoms with Crippen LogP contribution in [0.25, 0.3) is 10.1 Å². The number of halogens is 1. The first-order valence-electron chi connectivity index (χ1n) is 6.91. The standard InChI is InChI=1S/C15H17ClN2OS2/c1-20-11-4-2-3-10(11)18-15(19)14-13(17)9-6-5-8(16)7-12(9)21-14/h5-7,10-11H,2-4,17H2,1H3,(H,18,19). The lowest BCUT2D eigenvalue weighted by molar-refractivity contribution is 0.0943. The van der Waals surface area contributed by atoms with Crippen molar-refractivity contribution in [3.8, 4) is 0 Å². The second kappa shape index (κ2) is 6.07. The number of anilines is 1. The summed E-state index contributed by atoms with van der Waals surface area (Å²) in [5, 5.41) is 5.23. The third-order valence-corrected chi connectivity index (χ3v) is 6.54. The van der Waals surface area contributed by atoms with Gasteiger partial charge in [-0.3, -0.25) is 4.79 Å². The molecule has 3 nitrogen and oxygen atoms in total. The molecule has 1 saturated carbocycles. The Bertz CT molecular complexity index is 686. The van der Waals surface area contributed by atoms with Crippen LogP contribution in [0.1, 0.15) is 28.9 Å². The van der Waals surface area contributed by atoms with Gasteiger partial charge < -0.3 is 11.1 Å². The van der Waals surface area contributed by atoms with E-state index in [2.05, 4.69) is 11.6 Å². The summed E-state index contributed by atoms with van der Waals surface area (Å²) in [6.07, 6.45) is 5.50. The molecule has 1 aliphatic rings. The molecule has 0 aliphatic heterocycles. The molecule has 112 valence electrons. The average Bonchev–Trinajstić information content (AvgIpc) is 3.03. The van der Waals surface area contributed by atoms with E-state index in [9.17, 15) is 4.79 Å². The highest BCUT2D eigenvalue weighted by molar-refractivity contribution is 7.99. The lowest BCUT2D eigenvalue weighted by Crippen LogP contribution is -2.38. The van der Waals surface area contributed by atoms with Crippen LogP contribution in [0.3, 0.4) is 0 Å². The number of nitrogens with one attached hydrogen (secondary N) is 1. The maximum Gasteiger partial charge on any atom is 0.263 e. The number of nitrogens with two attached hydrogens (primary N) is 1. The lowest BCUT2D eigenvalue weighted by Gasteiger charge is -2.18. The summed E-state index contributed by atoms with van der Waals surface area (Å²) < 4.78 is 0.956. The Morgan fingerprint density at radius 1 is 1.48 bits per heavy atom. The van der Waals surface area contributed by atoms with Crippen molar-refractivity contribution >= 4 is 56.4 Å². The van der Waals surface area contributed by atoms with E-state index in [1.54, 1.807) is 6.07 Å². The number of thiophene rings is 1. The van der Waals surface area contributed by atoms with Crippen LogP contribution in [0.2, 0.25) is 5.02 Å². The van der Waals surface area contributed by atoms with Crippen molar-refractivity contribution in [2.45, 2.75) is 30.6 Å². The van der Waals surface area contributed by atoms with Crippen LogP contribution in [0.5, 0.6) is 0 Å². The van der Waals surface area contributed by atoms with Crippen molar-refractivity contribution in [2.75, 3.05) is 12.0 Å². The average molecular weight is 341 g/mol. The van der Waals surface area contributed by atoms with Gasteiger partial charge in [0.1, 0.15) is 4.88 Å². The zero-order chi connectivity index (χ0) is 15.0. The Morgan fingerprint density at radius 3 is 3.05 bits per heavy atom. The quantitative estimate of drug-likeness (QED) is 0.882. The Labute approximate surface area is 137 Å². The molecular formula is C15H17ClN2OS2. The minimum atomic E-state index is -0.0595. The molecule has 1 aromatic heterocycles. The maximum atomic E-state index is 12.5. The normalized spacial score (nSPS) is 21.8. The van der Waals surface area contributed by atoms with E-state index < -0.39 is 0 Å². The topological polar surface area (TPSA) is 55.1 Å². The number of thioether (sulfide) groups is 1. The van der Waals surface area contributed by atoms with E-state index in [-0.39, 0.29) is 11.9 Å². The molecule has 0 radical (unpaired) electrons. The molecule has 2 atom stereocenters. The fourth-order valence-electron chi connectivity index (χ4n) is 2.87. The Kier molecular flexibility index (Phi) is 4.33. The van der Waals surface area contributed by atoms with Gasteiger partial charge >= 0.3 is 0 Å². The smallest absolute Gasteiger partial charge is 0.263 e. The Balaban J connectivity index is 1.86. The first-order valence-corrected chi connectivity index (χ1v) is 9.39. The molecule has 1 aliphatic carbocycles. The van der Waals surface area contributed by atoms with Gasteiger partial charge in [0.2, 0.25) is 0 Å². The first-order chi connectivity index (χ1) is 10.1. The second-order valence-electron chi connectivity index (χ2n) is 5.27. The summed E-state index contributed by atoms with van der Waals surface area (Å²) in [7, 11) is 0. The predicted octanol–water partition coefficient (Wildman–Crippen LogP) is 4.15. The minimum Gasteiger partial charge on any atom is -0.397 e. The SMILES string of the molecule is CSC1CCCC1NC(=O)c1sc2cc(Cl)ccc2c1N. The third-order valence-electron chi connectivity index (χ3n) is 3.97. The van der Waals surface area contributed by atoms with Crippen LogP contribution in [0.15, 0.2) is 18.2 Å². The zero-order valence-corrected chi connectivity index (χ0v) is 14.1. The molecule has 0 saturated heterocycles. The Hall–Kier alpha value is -0.910. The van der Waals surface area contributed by atoms with Crippen molar-refractivity contribution in [3.63, 3.8) is 0 Å². The second-order valence-corrected chi connectivity index (χ2v) is 7.84. The van der Waals surface area contributed by atoms with Crippen molar-refractivity contribution in [3.05, 3.63) is 28.1 Å². The summed E-state index contributed by atoms with van der Waals surface area (Å²) in [6.45, 7) is 0. The lowest BCUT2D eigenvalue weighted by atomic mass is 10.2. The number of benzene rings is 1. The van der Waals surface area contributed by atoms with Gasteiger partial charge in [0, 0.05) is 26.4 Å². The van der Waals surface area contributed by atoms with Gasteiger partial charge in [-0.15, -0.1) is 11.3 Å². The molecule has 2 unspecified atom stereocenters. The number of carbonyl (C=O) groups is 1. The van der Waals surface area contributed by atoms with Gasteiger partial charge in [0.15, 0.2) is 0 Å². The Morgan fingerprint density at radius 2 is 2.29 bits per heavy atom.